The monoisotopic (exact) mass is 196 g/mol. The summed E-state index contributed by atoms with van der Waals surface area (Å²) in [6, 6.07) is 1.63. The maximum Gasteiger partial charge on any atom is 0.204 e. The van der Waals surface area contributed by atoms with Crippen LogP contribution >= 0.6 is 0 Å². The second-order valence-corrected chi connectivity index (χ2v) is 3.05. The van der Waals surface area contributed by atoms with Crippen LogP contribution in [0.25, 0.3) is 0 Å². The van der Waals surface area contributed by atoms with Crippen LogP contribution in [-0.2, 0) is 6.42 Å². The lowest BCUT2D eigenvalue weighted by molar-refractivity contribution is 0.112. The highest BCUT2D eigenvalue weighted by Gasteiger charge is 2.23. The Bertz CT molecular complexity index is 384. The molecule has 0 saturated heterocycles. The molecule has 0 saturated carbocycles. The standard InChI is InChI=1S/C10H10O4/c1-13-10-8(12)7(5-11)4-6-2-3-14-9(6)10/h4-5,12H,2-3H2,1H3/i5+2. The minimum Gasteiger partial charge on any atom is -0.504 e. The van der Waals surface area contributed by atoms with Gasteiger partial charge in [-0.15, -0.1) is 0 Å². The number of hydrogen-bond acceptors (Lipinski definition) is 4. The molecule has 0 atom stereocenters. The average Bonchev–Trinajstić information content (AvgIpc) is 2.64. The highest BCUT2D eigenvalue weighted by Crippen LogP contribution is 2.43. The fourth-order valence-electron chi connectivity index (χ4n) is 1.59. The van der Waals surface area contributed by atoms with Crippen LogP contribution in [0, 0.1) is 0 Å². The van der Waals surface area contributed by atoms with Crippen LogP contribution in [0.2, 0.25) is 0 Å². The lowest BCUT2D eigenvalue weighted by Gasteiger charge is -2.09. The summed E-state index contributed by atoms with van der Waals surface area (Å²) in [6.07, 6.45) is 1.35. The summed E-state index contributed by atoms with van der Waals surface area (Å²) < 4.78 is 10.3. The number of ether oxygens (including phenoxy) is 2. The number of carbonyl (C=O) groups excluding carboxylic acids is 1. The van der Waals surface area contributed by atoms with Gasteiger partial charge in [-0.2, -0.15) is 0 Å². The number of aldehydes is 1. The zero-order valence-corrected chi connectivity index (χ0v) is 7.74. The first-order valence-corrected chi connectivity index (χ1v) is 4.28. The van der Waals surface area contributed by atoms with Crippen LogP contribution < -0.4 is 9.47 Å². The van der Waals surface area contributed by atoms with Crippen molar-refractivity contribution in [2.24, 2.45) is 0 Å². The minimum atomic E-state index is -0.150. The highest BCUT2D eigenvalue weighted by molar-refractivity contribution is 5.83. The third-order valence-electron chi connectivity index (χ3n) is 2.27. The van der Waals surface area contributed by atoms with E-state index in [0.29, 0.717) is 18.6 Å². The zero-order valence-electron chi connectivity index (χ0n) is 7.74. The molecule has 0 fully saturated rings. The molecule has 0 bridgehead atoms. The Labute approximate surface area is 81.1 Å². The molecule has 0 unspecified atom stereocenters. The van der Waals surface area contributed by atoms with Gasteiger partial charge in [0, 0.05) is 12.0 Å². The van der Waals surface area contributed by atoms with Crippen LogP contribution in [0.15, 0.2) is 6.07 Å². The van der Waals surface area contributed by atoms with E-state index in [1.807, 2.05) is 0 Å². The van der Waals surface area contributed by atoms with E-state index >= 15 is 0 Å². The van der Waals surface area contributed by atoms with Gasteiger partial charge in [-0.05, 0) is 6.07 Å². The number of methoxy groups -OCH3 is 1. The van der Waals surface area contributed by atoms with Crippen LogP contribution in [0.1, 0.15) is 15.9 Å². The topological polar surface area (TPSA) is 55.8 Å². The number of hydrogen-bond donors (Lipinski definition) is 1. The number of phenolic OH excluding ortho intramolecular Hbond substituents is 1. The second-order valence-electron chi connectivity index (χ2n) is 3.05. The predicted molar refractivity (Wildman–Crippen MR) is 49.2 cm³/mol. The molecule has 1 aliphatic heterocycles. The van der Waals surface area contributed by atoms with Crippen molar-refractivity contribution in [2.45, 2.75) is 6.42 Å². The van der Waals surface area contributed by atoms with Crippen molar-refractivity contribution >= 4 is 6.29 Å². The molecule has 4 nitrogen and oxygen atoms in total. The lowest BCUT2D eigenvalue weighted by Crippen LogP contribution is -1.93. The van der Waals surface area contributed by atoms with Crippen molar-refractivity contribution in [2.75, 3.05) is 13.7 Å². The molecule has 1 N–H and O–H groups in total. The molecule has 1 aromatic carbocycles. The molecular formula is C10H10O4. The van der Waals surface area contributed by atoms with E-state index in [2.05, 4.69) is 0 Å². The van der Waals surface area contributed by atoms with Gasteiger partial charge in [-0.1, -0.05) is 0 Å². The molecule has 0 amide bonds. The summed E-state index contributed by atoms with van der Waals surface area (Å²) >= 11 is 0. The van der Waals surface area contributed by atoms with E-state index in [9.17, 15) is 9.90 Å². The van der Waals surface area contributed by atoms with Crippen molar-refractivity contribution in [3.8, 4) is 17.2 Å². The third kappa shape index (κ3) is 1.11. The first-order valence-electron chi connectivity index (χ1n) is 4.28. The highest BCUT2D eigenvalue weighted by atomic mass is 16.5. The van der Waals surface area contributed by atoms with Gasteiger partial charge < -0.3 is 14.6 Å². The largest absolute Gasteiger partial charge is 0.504 e. The molecule has 1 aliphatic rings. The van der Waals surface area contributed by atoms with Gasteiger partial charge in [0.05, 0.1) is 19.3 Å². The summed E-state index contributed by atoms with van der Waals surface area (Å²) in [4.78, 5) is 10.6. The number of fused-ring (bicyclic) bond motifs is 1. The average molecular weight is 196 g/mol. The van der Waals surface area contributed by atoms with Gasteiger partial charge in [0.1, 0.15) is 0 Å². The number of phenols is 1. The number of rotatable bonds is 2. The Morgan fingerprint density at radius 3 is 3.07 bits per heavy atom. The van der Waals surface area contributed by atoms with E-state index in [-0.39, 0.29) is 17.1 Å². The third-order valence-corrected chi connectivity index (χ3v) is 2.27. The molecule has 0 spiro atoms. The van der Waals surface area contributed by atoms with Gasteiger partial charge in [0.25, 0.3) is 0 Å². The molecule has 1 heterocycles. The van der Waals surface area contributed by atoms with Gasteiger partial charge >= 0.3 is 0 Å². The first-order chi connectivity index (χ1) is 6.77. The Morgan fingerprint density at radius 2 is 2.43 bits per heavy atom. The molecule has 1 aromatic rings. The normalized spacial score (nSPS) is 13.2. The maximum atomic E-state index is 10.6. The van der Waals surface area contributed by atoms with Gasteiger partial charge in [-0.25, -0.2) is 0 Å². The number of benzene rings is 1. The molecule has 4 heteroatoms. The molecule has 0 aromatic heterocycles. The fraction of sp³-hybridized carbons (Fsp3) is 0.300. The second kappa shape index (κ2) is 3.21. The summed E-state index contributed by atoms with van der Waals surface area (Å²) in [5.74, 6) is 0.654. The summed E-state index contributed by atoms with van der Waals surface area (Å²) in [7, 11) is 1.44. The van der Waals surface area contributed by atoms with E-state index in [4.69, 9.17) is 9.47 Å². The van der Waals surface area contributed by atoms with Crippen molar-refractivity contribution in [3.63, 3.8) is 0 Å². The Hall–Kier alpha value is -1.71. The van der Waals surface area contributed by atoms with Gasteiger partial charge in [-0.3, -0.25) is 4.79 Å². The number of carbonyl (C=O) groups is 1. The van der Waals surface area contributed by atoms with Crippen LogP contribution in [0.5, 0.6) is 17.2 Å². The quantitative estimate of drug-likeness (QED) is 0.721. The van der Waals surface area contributed by atoms with E-state index < -0.39 is 0 Å². The van der Waals surface area contributed by atoms with Crippen molar-refractivity contribution in [1.29, 1.82) is 0 Å². The first kappa shape index (κ1) is 8.87. The van der Waals surface area contributed by atoms with E-state index in [0.717, 1.165) is 12.0 Å². The Balaban J connectivity index is 2.66. The molecule has 74 valence electrons. The van der Waals surface area contributed by atoms with E-state index in [1.165, 1.54) is 7.11 Å². The minimum absolute atomic E-state index is 0.150. The Kier molecular flexibility index (Phi) is 2.04. The molecular weight excluding hydrogens is 186 g/mol. The smallest absolute Gasteiger partial charge is 0.204 e. The number of aromatic hydroxyl groups is 1. The summed E-state index contributed by atoms with van der Waals surface area (Å²) in [5, 5.41) is 9.62. The molecule has 0 radical (unpaired) electrons. The lowest BCUT2D eigenvalue weighted by atomic mass is 10.1. The van der Waals surface area contributed by atoms with Crippen molar-refractivity contribution in [3.05, 3.63) is 17.2 Å². The van der Waals surface area contributed by atoms with Crippen LogP contribution in [0.4, 0.5) is 0 Å². The van der Waals surface area contributed by atoms with Gasteiger partial charge in [0.2, 0.25) is 5.75 Å². The Morgan fingerprint density at radius 1 is 1.64 bits per heavy atom. The molecule has 2 rings (SSSR count). The van der Waals surface area contributed by atoms with Crippen LogP contribution in [0.3, 0.4) is 0 Å². The maximum absolute atomic E-state index is 10.6. The zero-order chi connectivity index (χ0) is 10.1. The van der Waals surface area contributed by atoms with E-state index in [1.54, 1.807) is 6.07 Å². The van der Waals surface area contributed by atoms with Gasteiger partial charge in [0.15, 0.2) is 17.8 Å². The fourth-order valence-corrected chi connectivity index (χ4v) is 1.59. The van der Waals surface area contributed by atoms with Crippen LogP contribution in [-0.4, -0.2) is 25.1 Å². The predicted octanol–water partition coefficient (Wildman–Crippen LogP) is 1.15. The SMILES string of the molecule is COc1c(O)c([14CH]=O)cc2c1OCC2. The summed E-state index contributed by atoms with van der Waals surface area (Å²) in [6.45, 7) is 0.563. The van der Waals surface area contributed by atoms with Crippen molar-refractivity contribution in [1.82, 2.24) is 0 Å². The molecule has 14 heavy (non-hydrogen) atoms. The summed E-state index contributed by atoms with van der Waals surface area (Å²) in [5.41, 5.74) is 1.15. The van der Waals surface area contributed by atoms with Crippen molar-refractivity contribution < 1.29 is 19.4 Å². The molecule has 0 aliphatic carbocycles.